The number of nitrogens with zero attached hydrogens (tertiary/aromatic N) is 1. The summed E-state index contributed by atoms with van der Waals surface area (Å²) in [5.41, 5.74) is 4.02. The average Bonchev–Trinajstić information content (AvgIpc) is 2.63. The average molecular weight is 341 g/mol. The summed E-state index contributed by atoms with van der Waals surface area (Å²) in [5.74, 6) is 0.780. The maximum absolute atomic E-state index is 12.2. The van der Waals surface area contributed by atoms with E-state index in [1.165, 1.54) is 5.69 Å². The summed E-state index contributed by atoms with van der Waals surface area (Å²) in [7, 11) is 1.63. The van der Waals surface area contributed by atoms with Crippen molar-refractivity contribution in [3.05, 3.63) is 53.6 Å². The molecule has 0 saturated heterocycles. The summed E-state index contributed by atoms with van der Waals surface area (Å²) in [6.07, 6.45) is 0. The van der Waals surface area contributed by atoms with E-state index in [4.69, 9.17) is 4.74 Å². The van der Waals surface area contributed by atoms with Crippen LogP contribution >= 0.6 is 0 Å². The zero-order valence-corrected chi connectivity index (χ0v) is 15.4. The van der Waals surface area contributed by atoms with Crippen LogP contribution in [0.25, 0.3) is 0 Å². The second-order valence-corrected chi connectivity index (χ2v) is 5.83. The van der Waals surface area contributed by atoms with Crippen molar-refractivity contribution in [2.75, 3.05) is 30.4 Å². The Morgan fingerprint density at radius 3 is 2.52 bits per heavy atom. The van der Waals surface area contributed by atoms with Crippen LogP contribution in [0.3, 0.4) is 0 Å². The molecule has 0 aliphatic heterocycles. The second kappa shape index (κ2) is 8.97. The van der Waals surface area contributed by atoms with Crippen LogP contribution in [0.5, 0.6) is 5.75 Å². The van der Waals surface area contributed by atoms with Crippen molar-refractivity contribution in [3.8, 4) is 5.75 Å². The minimum atomic E-state index is -0.221. The van der Waals surface area contributed by atoms with Gasteiger partial charge in [-0.3, -0.25) is 0 Å². The first-order valence-electron chi connectivity index (χ1n) is 8.60. The van der Waals surface area contributed by atoms with E-state index < -0.39 is 0 Å². The number of amides is 2. The Hall–Kier alpha value is -2.69. The molecule has 2 aromatic rings. The Kier molecular flexibility index (Phi) is 6.69. The number of carbonyl (C=O) groups excluding carboxylic acids is 1. The van der Waals surface area contributed by atoms with E-state index in [1.807, 2.05) is 43.3 Å². The lowest BCUT2D eigenvalue weighted by Gasteiger charge is -2.22. The molecule has 25 heavy (non-hydrogen) atoms. The zero-order valence-electron chi connectivity index (χ0n) is 15.4. The molecule has 0 fully saturated rings. The quantitative estimate of drug-likeness (QED) is 0.795. The first-order chi connectivity index (χ1) is 12.1. The van der Waals surface area contributed by atoms with Crippen LogP contribution in [0.15, 0.2) is 42.5 Å². The van der Waals surface area contributed by atoms with Gasteiger partial charge in [0.1, 0.15) is 5.75 Å². The van der Waals surface area contributed by atoms with E-state index in [0.29, 0.717) is 6.54 Å². The van der Waals surface area contributed by atoms with Gasteiger partial charge in [-0.1, -0.05) is 12.1 Å². The van der Waals surface area contributed by atoms with Gasteiger partial charge in [-0.2, -0.15) is 0 Å². The third-order valence-corrected chi connectivity index (χ3v) is 4.17. The standard InChI is InChI=1S/C20H27N3O2/c1-5-23(6-2)17-10-11-19(15(3)12-17)22-20(24)21-14-16-8-7-9-18(13-16)25-4/h7-13H,5-6,14H2,1-4H3,(H2,21,22,24). The van der Waals surface area contributed by atoms with Crippen LogP contribution in [-0.2, 0) is 6.54 Å². The summed E-state index contributed by atoms with van der Waals surface area (Å²) in [4.78, 5) is 14.4. The molecule has 0 heterocycles. The van der Waals surface area contributed by atoms with Crippen molar-refractivity contribution < 1.29 is 9.53 Å². The van der Waals surface area contributed by atoms with Gasteiger partial charge in [-0.25, -0.2) is 4.79 Å². The summed E-state index contributed by atoms with van der Waals surface area (Å²) >= 11 is 0. The highest BCUT2D eigenvalue weighted by molar-refractivity contribution is 5.90. The first-order valence-corrected chi connectivity index (χ1v) is 8.60. The van der Waals surface area contributed by atoms with Crippen LogP contribution in [0.1, 0.15) is 25.0 Å². The van der Waals surface area contributed by atoms with Crippen molar-refractivity contribution in [2.24, 2.45) is 0 Å². The molecule has 2 N–H and O–H groups in total. The molecule has 0 saturated carbocycles. The van der Waals surface area contributed by atoms with Crippen LogP contribution in [0.4, 0.5) is 16.2 Å². The maximum atomic E-state index is 12.2. The van der Waals surface area contributed by atoms with Crippen molar-refractivity contribution in [1.82, 2.24) is 5.32 Å². The van der Waals surface area contributed by atoms with Crippen molar-refractivity contribution in [1.29, 1.82) is 0 Å². The van der Waals surface area contributed by atoms with Crippen LogP contribution < -0.4 is 20.3 Å². The van der Waals surface area contributed by atoms with Crippen molar-refractivity contribution in [2.45, 2.75) is 27.3 Å². The molecule has 2 aromatic carbocycles. The molecular weight excluding hydrogens is 314 g/mol. The monoisotopic (exact) mass is 341 g/mol. The van der Waals surface area contributed by atoms with Gasteiger partial charge >= 0.3 is 6.03 Å². The highest BCUT2D eigenvalue weighted by Gasteiger charge is 2.08. The molecule has 5 heteroatoms. The van der Waals surface area contributed by atoms with Gasteiger partial charge in [0, 0.05) is 31.0 Å². The lowest BCUT2D eigenvalue weighted by atomic mass is 10.1. The predicted octanol–water partition coefficient (Wildman–Crippen LogP) is 4.17. The minimum Gasteiger partial charge on any atom is -0.497 e. The molecule has 0 aromatic heterocycles. The SMILES string of the molecule is CCN(CC)c1ccc(NC(=O)NCc2cccc(OC)c2)c(C)c1. The molecule has 0 radical (unpaired) electrons. The van der Waals surface area contributed by atoms with E-state index in [1.54, 1.807) is 7.11 Å². The first kappa shape index (κ1) is 18.6. The van der Waals surface area contributed by atoms with Gasteiger partial charge in [0.2, 0.25) is 0 Å². The molecule has 134 valence electrons. The molecule has 0 aliphatic rings. The Labute approximate surface area is 150 Å². The number of nitrogens with one attached hydrogen (secondary N) is 2. The normalized spacial score (nSPS) is 10.2. The lowest BCUT2D eigenvalue weighted by molar-refractivity contribution is 0.251. The number of methoxy groups -OCH3 is 1. The highest BCUT2D eigenvalue weighted by Crippen LogP contribution is 2.22. The number of aryl methyl sites for hydroxylation is 1. The van der Waals surface area contributed by atoms with Crippen molar-refractivity contribution in [3.63, 3.8) is 0 Å². The van der Waals surface area contributed by atoms with E-state index in [-0.39, 0.29) is 6.03 Å². The van der Waals surface area contributed by atoms with Crippen molar-refractivity contribution >= 4 is 17.4 Å². The van der Waals surface area contributed by atoms with E-state index in [9.17, 15) is 4.79 Å². The number of anilines is 2. The summed E-state index contributed by atoms with van der Waals surface area (Å²) in [6, 6.07) is 13.5. The molecule has 0 unspecified atom stereocenters. The Morgan fingerprint density at radius 1 is 1.12 bits per heavy atom. The fourth-order valence-corrected chi connectivity index (χ4v) is 2.70. The number of benzene rings is 2. The summed E-state index contributed by atoms with van der Waals surface area (Å²) in [5, 5.41) is 5.78. The number of urea groups is 1. The Bertz CT molecular complexity index is 712. The van der Waals surface area contributed by atoms with E-state index in [2.05, 4.69) is 35.4 Å². The van der Waals surface area contributed by atoms with Gasteiger partial charge in [-0.05, 0) is 62.2 Å². The van der Waals surface area contributed by atoms with Gasteiger partial charge in [-0.15, -0.1) is 0 Å². The topological polar surface area (TPSA) is 53.6 Å². The molecule has 0 atom stereocenters. The smallest absolute Gasteiger partial charge is 0.319 e. The van der Waals surface area contributed by atoms with Gasteiger partial charge < -0.3 is 20.3 Å². The summed E-state index contributed by atoms with van der Waals surface area (Å²) < 4.78 is 5.19. The molecule has 0 spiro atoms. The maximum Gasteiger partial charge on any atom is 0.319 e. The molecule has 2 amide bonds. The number of rotatable bonds is 7. The Balaban J connectivity index is 1.95. The molecule has 0 bridgehead atoms. The molecule has 2 rings (SSSR count). The number of hydrogen-bond donors (Lipinski definition) is 2. The number of carbonyl (C=O) groups is 1. The molecule has 0 aliphatic carbocycles. The highest BCUT2D eigenvalue weighted by atomic mass is 16.5. The molecule has 5 nitrogen and oxygen atoms in total. The third kappa shape index (κ3) is 5.14. The lowest BCUT2D eigenvalue weighted by Crippen LogP contribution is -2.28. The minimum absolute atomic E-state index is 0.221. The summed E-state index contributed by atoms with van der Waals surface area (Å²) in [6.45, 7) is 8.64. The van der Waals surface area contributed by atoms with E-state index in [0.717, 1.165) is 35.7 Å². The van der Waals surface area contributed by atoms with Gasteiger partial charge in [0.15, 0.2) is 0 Å². The third-order valence-electron chi connectivity index (χ3n) is 4.17. The fourth-order valence-electron chi connectivity index (χ4n) is 2.70. The van der Waals surface area contributed by atoms with Crippen LogP contribution in [-0.4, -0.2) is 26.2 Å². The number of hydrogen-bond acceptors (Lipinski definition) is 3. The number of ether oxygens (including phenoxy) is 1. The fraction of sp³-hybridized carbons (Fsp3) is 0.350. The van der Waals surface area contributed by atoms with Gasteiger partial charge in [0.25, 0.3) is 0 Å². The van der Waals surface area contributed by atoms with Crippen LogP contribution in [0.2, 0.25) is 0 Å². The predicted molar refractivity (Wildman–Crippen MR) is 104 cm³/mol. The zero-order chi connectivity index (χ0) is 18.2. The largest absolute Gasteiger partial charge is 0.497 e. The Morgan fingerprint density at radius 2 is 1.88 bits per heavy atom. The van der Waals surface area contributed by atoms with Gasteiger partial charge in [0.05, 0.1) is 7.11 Å². The molecular formula is C20H27N3O2. The van der Waals surface area contributed by atoms with Crippen LogP contribution in [0, 0.1) is 6.92 Å². The second-order valence-electron chi connectivity index (χ2n) is 5.83. The van der Waals surface area contributed by atoms with E-state index >= 15 is 0 Å².